The molecule has 20 heavy (non-hydrogen) atoms. The van der Waals surface area contributed by atoms with Crippen LogP contribution in [0.5, 0.6) is 5.75 Å². The van der Waals surface area contributed by atoms with Crippen molar-refractivity contribution in [2.24, 2.45) is 11.1 Å². The molecule has 2 N–H and O–H groups in total. The van der Waals surface area contributed by atoms with E-state index in [1.165, 1.54) is 12.0 Å². The van der Waals surface area contributed by atoms with Crippen LogP contribution in [0.2, 0.25) is 0 Å². The molecule has 1 fully saturated rings. The molecule has 1 aromatic carbocycles. The lowest BCUT2D eigenvalue weighted by Crippen LogP contribution is -2.62. The van der Waals surface area contributed by atoms with Gasteiger partial charge in [-0.05, 0) is 42.9 Å². The Morgan fingerprint density at radius 2 is 1.80 bits per heavy atom. The van der Waals surface area contributed by atoms with Gasteiger partial charge in [0.15, 0.2) is 0 Å². The zero-order valence-corrected chi connectivity index (χ0v) is 13.4. The topological polar surface area (TPSA) is 35.2 Å². The molecular weight excluding hydrogens is 246 g/mol. The van der Waals surface area contributed by atoms with Crippen LogP contribution >= 0.6 is 0 Å². The van der Waals surface area contributed by atoms with Gasteiger partial charge in [-0.25, -0.2) is 0 Å². The second-order valence-corrected chi connectivity index (χ2v) is 6.27. The molecule has 1 saturated carbocycles. The second-order valence-electron chi connectivity index (χ2n) is 6.27. The fourth-order valence-corrected chi connectivity index (χ4v) is 3.45. The first-order valence-corrected chi connectivity index (χ1v) is 8.09. The predicted molar refractivity (Wildman–Crippen MR) is 85.2 cm³/mol. The van der Waals surface area contributed by atoms with E-state index >= 15 is 0 Å². The summed E-state index contributed by atoms with van der Waals surface area (Å²) in [6.45, 7) is 8.94. The number of nitrogens with two attached hydrogens (primary N) is 1. The summed E-state index contributed by atoms with van der Waals surface area (Å²) in [4.78, 5) is 0. The Labute approximate surface area is 123 Å². The fraction of sp³-hybridized carbons (Fsp3) is 0.667. The minimum atomic E-state index is 0.176. The Kier molecular flexibility index (Phi) is 4.74. The third kappa shape index (κ3) is 2.58. The van der Waals surface area contributed by atoms with E-state index in [2.05, 4.69) is 52.0 Å². The van der Waals surface area contributed by atoms with E-state index in [0.29, 0.717) is 12.0 Å². The first-order chi connectivity index (χ1) is 9.57. The lowest BCUT2D eigenvalue weighted by Gasteiger charge is -2.53. The van der Waals surface area contributed by atoms with E-state index in [9.17, 15) is 0 Å². The van der Waals surface area contributed by atoms with Crippen molar-refractivity contribution in [3.63, 3.8) is 0 Å². The van der Waals surface area contributed by atoms with Gasteiger partial charge in [0.2, 0.25) is 0 Å². The van der Waals surface area contributed by atoms with E-state index in [1.807, 2.05) is 0 Å². The van der Waals surface area contributed by atoms with Gasteiger partial charge in [-0.15, -0.1) is 0 Å². The van der Waals surface area contributed by atoms with Gasteiger partial charge in [0.1, 0.15) is 11.9 Å². The number of hydrogen-bond donors (Lipinski definition) is 1. The quantitative estimate of drug-likeness (QED) is 0.830. The lowest BCUT2D eigenvalue weighted by atomic mass is 9.59. The smallest absolute Gasteiger partial charge is 0.119 e. The molecular formula is C18H29NO. The molecule has 0 aliphatic heterocycles. The van der Waals surface area contributed by atoms with Crippen molar-refractivity contribution < 1.29 is 4.74 Å². The highest BCUT2D eigenvalue weighted by molar-refractivity contribution is 5.30. The lowest BCUT2D eigenvalue weighted by molar-refractivity contribution is -0.0722. The Morgan fingerprint density at radius 3 is 2.25 bits per heavy atom. The van der Waals surface area contributed by atoms with Gasteiger partial charge in [0.05, 0.1) is 0 Å². The molecule has 0 radical (unpaired) electrons. The van der Waals surface area contributed by atoms with Crippen LogP contribution in [0, 0.1) is 5.41 Å². The van der Waals surface area contributed by atoms with Crippen molar-refractivity contribution in [3.05, 3.63) is 29.8 Å². The first-order valence-electron chi connectivity index (χ1n) is 8.09. The molecule has 0 saturated heterocycles. The summed E-state index contributed by atoms with van der Waals surface area (Å²) in [7, 11) is 0. The molecule has 1 aromatic rings. The standard InChI is InChI=1S/C18H29NO/c1-5-13(4)14-8-10-15(11-9-14)20-17-12-16(19)18(17,6-2)7-3/h8-11,13,16-17H,5-7,12,19H2,1-4H3. The molecule has 1 aliphatic carbocycles. The fourth-order valence-electron chi connectivity index (χ4n) is 3.45. The van der Waals surface area contributed by atoms with Crippen molar-refractivity contribution in [1.29, 1.82) is 0 Å². The second kappa shape index (κ2) is 6.17. The van der Waals surface area contributed by atoms with Gasteiger partial charge >= 0.3 is 0 Å². The van der Waals surface area contributed by atoms with Crippen LogP contribution in [0.1, 0.15) is 64.9 Å². The molecule has 1 aliphatic rings. The predicted octanol–water partition coefficient (Wildman–Crippen LogP) is 4.48. The zero-order valence-electron chi connectivity index (χ0n) is 13.4. The third-order valence-electron chi connectivity index (χ3n) is 5.50. The number of ether oxygens (including phenoxy) is 1. The molecule has 0 aromatic heterocycles. The third-order valence-corrected chi connectivity index (χ3v) is 5.50. The average molecular weight is 275 g/mol. The van der Waals surface area contributed by atoms with Crippen LogP contribution in [0.4, 0.5) is 0 Å². The number of hydrogen-bond acceptors (Lipinski definition) is 2. The van der Waals surface area contributed by atoms with Gasteiger partial charge in [-0.3, -0.25) is 0 Å². The zero-order chi connectivity index (χ0) is 14.8. The maximum absolute atomic E-state index is 6.22. The molecule has 0 amide bonds. The maximum atomic E-state index is 6.22. The van der Waals surface area contributed by atoms with Crippen molar-refractivity contribution >= 4 is 0 Å². The molecule has 2 nitrogen and oxygen atoms in total. The Morgan fingerprint density at radius 1 is 1.20 bits per heavy atom. The Balaban J connectivity index is 2.04. The van der Waals surface area contributed by atoms with E-state index in [4.69, 9.17) is 10.5 Å². The largest absolute Gasteiger partial charge is 0.490 e. The Bertz CT molecular complexity index is 422. The molecule has 2 heteroatoms. The SMILES string of the molecule is CCC(C)c1ccc(OC2CC(N)C2(CC)CC)cc1. The average Bonchev–Trinajstić information content (AvgIpc) is 2.48. The van der Waals surface area contributed by atoms with E-state index in [0.717, 1.165) is 25.0 Å². The van der Waals surface area contributed by atoms with Crippen LogP contribution in [-0.2, 0) is 0 Å². The summed E-state index contributed by atoms with van der Waals surface area (Å²) in [5.74, 6) is 1.60. The summed E-state index contributed by atoms with van der Waals surface area (Å²) >= 11 is 0. The normalized spacial score (nSPS) is 25.9. The van der Waals surface area contributed by atoms with Crippen LogP contribution in [0.15, 0.2) is 24.3 Å². The van der Waals surface area contributed by atoms with Crippen molar-refractivity contribution in [2.45, 2.75) is 71.4 Å². The summed E-state index contributed by atoms with van der Waals surface area (Å²) in [6, 6.07) is 8.91. The number of rotatable bonds is 6. The monoisotopic (exact) mass is 275 g/mol. The molecule has 3 unspecified atom stereocenters. The molecule has 112 valence electrons. The van der Waals surface area contributed by atoms with Gasteiger partial charge < -0.3 is 10.5 Å². The highest BCUT2D eigenvalue weighted by Gasteiger charge is 2.52. The highest BCUT2D eigenvalue weighted by Crippen LogP contribution is 2.47. The van der Waals surface area contributed by atoms with E-state index < -0.39 is 0 Å². The van der Waals surface area contributed by atoms with Crippen molar-refractivity contribution in [1.82, 2.24) is 0 Å². The number of benzene rings is 1. The van der Waals surface area contributed by atoms with Crippen LogP contribution in [0.3, 0.4) is 0 Å². The van der Waals surface area contributed by atoms with Gasteiger partial charge in [0, 0.05) is 17.9 Å². The molecule has 0 heterocycles. The molecule has 0 bridgehead atoms. The summed E-state index contributed by atoms with van der Waals surface area (Å²) in [5, 5.41) is 0. The highest BCUT2D eigenvalue weighted by atomic mass is 16.5. The molecule has 2 rings (SSSR count). The molecule has 0 spiro atoms. The van der Waals surface area contributed by atoms with Crippen LogP contribution in [-0.4, -0.2) is 12.1 Å². The van der Waals surface area contributed by atoms with Gasteiger partial charge in [0.25, 0.3) is 0 Å². The van der Waals surface area contributed by atoms with Gasteiger partial charge in [-0.1, -0.05) is 39.8 Å². The van der Waals surface area contributed by atoms with Crippen molar-refractivity contribution in [3.8, 4) is 5.75 Å². The van der Waals surface area contributed by atoms with Crippen molar-refractivity contribution in [2.75, 3.05) is 0 Å². The summed E-state index contributed by atoms with van der Waals surface area (Å²) in [5.41, 5.74) is 7.79. The van der Waals surface area contributed by atoms with E-state index in [-0.39, 0.29) is 11.5 Å². The van der Waals surface area contributed by atoms with Crippen LogP contribution < -0.4 is 10.5 Å². The van der Waals surface area contributed by atoms with Gasteiger partial charge in [-0.2, -0.15) is 0 Å². The first kappa shape index (κ1) is 15.4. The minimum absolute atomic E-state index is 0.176. The maximum Gasteiger partial charge on any atom is 0.119 e. The van der Waals surface area contributed by atoms with Crippen LogP contribution in [0.25, 0.3) is 0 Å². The molecule has 3 atom stereocenters. The summed E-state index contributed by atoms with van der Waals surface area (Å²) in [6.07, 6.45) is 4.63. The minimum Gasteiger partial charge on any atom is -0.490 e. The Hall–Kier alpha value is -1.02. The summed E-state index contributed by atoms with van der Waals surface area (Å²) < 4.78 is 6.21. The van der Waals surface area contributed by atoms with E-state index in [1.54, 1.807) is 0 Å².